The van der Waals surface area contributed by atoms with Crippen molar-refractivity contribution in [3.63, 3.8) is 0 Å². The molecule has 1 aromatic heterocycles. The molecule has 0 amide bonds. The molecular weight excluding hydrogens is 366 g/mol. The van der Waals surface area contributed by atoms with Crippen LogP contribution < -0.4 is 0 Å². The Hall–Kier alpha value is -0.300. The van der Waals surface area contributed by atoms with Gasteiger partial charge in [0, 0.05) is 0 Å². The Kier molecular flexibility index (Phi) is 3.55. The van der Waals surface area contributed by atoms with Crippen molar-refractivity contribution in [1.29, 1.82) is 10.5 Å². The molecular formula is C7H2Br3N3. The normalized spacial score (nSPS) is 9.31. The minimum atomic E-state index is 0.196. The zero-order valence-electron chi connectivity index (χ0n) is 6.18. The van der Waals surface area contributed by atoms with Crippen molar-refractivity contribution in [2.45, 2.75) is 6.54 Å². The molecule has 0 N–H and O–H groups in total. The van der Waals surface area contributed by atoms with Crippen LogP contribution in [0.15, 0.2) is 13.7 Å². The molecule has 0 unspecified atom stereocenters. The third kappa shape index (κ3) is 1.80. The molecule has 6 heteroatoms. The average Bonchev–Trinajstić information content (AvgIpc) is 2.31. The first-order valence-electron chi connectivity index (χ1n) is 3.13. The Balaban J connectivity index is 3.40. The van der Waals surface area contributed by atoms with Crippen molar-refractivity contribution in [1.82, 2.24) is 4.57 Å². The van der Waals surface area contributed by atoms with Crippen LogP contribution in [0, 0.1) is 22.7 Å². The van der Waals surface area contributed by atoms with E-state index in [1.54, 1.807) is 4.57 Å². The molecule has 0 saturated heterocycles. The van der Waals surface area contributed by atoms with E-state index in [4.69, 9.17) is 10.5 Å². The van der Waals surface area contributed by atoms with Gasteiger partial charge in [0.25, 0.3) is 0 Å². The van der Waals surface area contributed by atoms with E-state index in [9.17, 15) is 0 Å². The summed E-state index contributed by atoms with van der Waals surface area (Å²) in [6.07, 6.45) is 0. The molecule has 0 aliphatic rings. The lowest BCUT2D eigenvalue weighted by molar-refractivity contribution is 0.797. The minimum absolute atomic E-state index is 0.196. The average molecular weight is 368 g/mol. The summed E-state index contributed by atoms with van der Waals surface area (Å²) in [6.45, 7) is 0.196. The fourth-order valence-corrected chi connectivity index (χ4v) is 2.92. The van der Waals surface area contributed by atoms with Gasteiger partial charge >= 0.3 is 0 Å². The SMILES string of the molecule is N#CCn1c(Br)c(Br)c(C#N)c1Br. The molecule has 0 bridgehead atoms. The zero-order valence-corrected chi connectivity index (χ0v) is 10.9. The summed E-state index contributed by atoms with van der Waals surface area (Å²) < 4.78 is 3.62. The molecule has 1 rings (SSSR count). The van der Waals surface area contributed by atoms with Crippen molar-refractivity contribution in [2.75, 3.05) is 0 Å². The summed E-state index contributed by atoms with van der Waals surface area (Å²) in [6, 6.07) is 4.03. The number of aromatic nitrogens is 1. The summed E-state index contributed by atoms with van der Waals surface area (Å²) in [5, 5.41) is 17.3. The first kappa shape index (κ1) is 10.8. The lowest BCUT2D eigenvalue weighted by Gasteiger charge is -1.98. The van der Waals surface area contributed by atoms with Gasteiger partial charge in [-0.1, -0.05) is 0 Å². The predicted octanol–water partition coefficient (Wildman–Crippen LogP) is 3.17. The molecule has 0 atom stereocenters. The van der Waals surface area contributed by atoms with E-state index in [1.807, 2.05) is 12.1 Å². The zero-order chi connectivity index (χ0) is 10.0. The second-order valence-corrected chi connectivity index (χ2v) is 4.42. The van der Waals surface area contributed by atoms with Crippen molar-refractivity contribution in [3.05, 3.63) is 19.2 Å². The monoisotopic (exact) mass is 365 g/mol. The first-order valence-corrected chi connectivity index (χ1v) is 5.51. The van der Waals surface area contributed by atoms with Crippen LogP contribution in [0.5, 0.6) is 0 Å². The molecule has 0 saturated carbocycles. The highest BCUT2D eigenvalue weighted by atomic mass is 79.9. The first-order chi connectivity index (χ1) is 6.13. The minimum Gasteiger partial charge on any atom is -0.314 e. The summed E-state index contributed by atoms with van der Waals surface area (Å²) in [4.78, 5) is 0. The fraction of sp³-hybridized carbons (Fsp3) is 0.143. The quantitative estimate of drug-likeness (QED) is 0.765. The summed E-state index contributed by atoms with van der Waals surface area (Å²) >= 11 is 9.77. The van der Waals surface area contributed by atoms with Gasteiger partial charge < -0.3 is 4.57 Å². The van der Waals surface area contributed by atoms with Crippen molar-refractivity contribution in [3.8, 4) is 12.1 Å². The molecule has 1 heterocycles. The highest BCUT2D eigenvalue weighted by molar-refractivity contribution is 9.13. The summed E-state index contributed by atoms with van der Waals surface area (Å²) in [5.41, 5.74) is 0.488. The topological polar surface area (TPSA) is 52.5 Å². The number of nitriles is 2. The molecule has 1 aromatic rings. The Bertz CT molecular complexity index is 422. The molecule has 3 nitrogen and oxygen atoms in total. The van der Waals surface area contributed by atoms with Crippen LogP contribution in [-0.4, -0.2) is 4.57 Å². The van der Waals surface area contributed by atoms with Gasteiger partial charge in [0.1, 0.15) is 21.8 Å². The Morgan fingerprint density at radius 3 is 2.15 bits per heavy atom. The molecule has 0 radical (unpaired) electrons. The molecule has 0 aliphatic heterocycles. The second-order valence-electron chi connectivity index (χ2n) is 2.13. The smallest absolute Gasteiger partial charge is 0.111 e. The lowest BCUT2D eigenvalue weighted by Crippen LogP contribution is -1.95. The van der Waals surface area contributed by atoms with E-state index in [2.05, 4.69) is 47.8 Å². The standard InChI is InChI=1S/C7H2Br3N3/c8-5-4(3-12)6(9)13(2-1-11)7(5)10/h2H2. The summed E-state index contributed by atoms with van der Waals surface area (Å²) in [7, 11) is 0. The van der Waals surface area contributed by atoms with E-state index in [0.29, 0.717) is 19.2 Å². The maximum Gasteiger partial charge on any atom is 0.111 e. The van der Waals surface area contributed by atoms with E-state index in [0.717, 1.165) is 0 Å². The summed E-state index contributed by atoms with van der Waals surface area (Å²) in [5.74, 6) is 0. The highest BCUT2D eigenvalue weighted by Crippen LogP contribution is 2.35. The van der Waals surface area contributed by atoms with Crippen LogP contribution in [0.3, 0.4) is 0 Å². The Morgan fingerprint density at radius 2 is 1.77 bits per heavy atom. The van der Waals surface area contributed by atoms with Crippen molar-refractivity contribution < 1.29 is 0 Å². The highest BCUT2D eigenvalue weighted by Gasteiger charge is 2.17. The van der Waals surface area contributed by atoms with Crippen molar-refractivity contribution >= 4 is 47.8 Å². The van der Waals surface area contributed by atoms with Gasteiger partial charge in [-0.15, -0.1) is 0 Å². The van der Waals surface area contributed by atoms with E-state index < -0.39 is 0 Å². The third-order valence-electron chi connectivity index (χ3n) is 1.42. The molecule has 13 heavy (non-hydrogen) atoms. The lowest BCUT2D eigenvalue weighted by atomic mass is 10.4. The Labute approximate surface area is 100 Å². The number of hydrogen-bond acceptors (Lipinski definition) is 2. The molecule has 0 aromatic carbocycles. The molecule has 66 valence electrons. The van der Waals surface area contributed by atoms with E-state index in [-0.39, 0.29) is 6.54 Å². The van der Waals surface area contributed by atoms with Crippen LogP contribution in [0.4, 0.5) is 0 Å². The number of halogens is 3. The van der Waals surface area contributed by atoms with Gasteiger partial charge in [-0.3, -0.25) is 0 Å². The van der Waals surface area contributed by atoms with Crippen LogP contribution >= 0.6 is 47.8 Å². The molecule has 0 fully saturated rings. The molecule has 0 aliphatic carbocycles. The van der Waals surface area contributed by atoms with Gasteiger partial charge in [-0.25, -0.2) is 0 Å². The van der Waals surface area contributed by atoms with Gasteiger partial charge in [-0.2, -0.15) is 10.5 Å². The predicted molar refractivity (Wildman–Crippen MR) is 57.9 cm³/mol. The van der Waals surface area contributed by atoms with Gasteiger partial charge in [0.15, 0.2) is 0 Å². The van der Waals surface area contributed by atoms with Crippen molar-refractivity contribution in [2.24, 2.45) is 0 Å². The van der Waals surface area contributed by atoms with Gasteiger partial charge in [-0.05, 0) is 47.8 Å². The van der Waals surface area contributed by atoms with E-state index >= 15 is 0 Å². The fourth-order valence-electron chi connectivity index (χ4n) is 0.838. The molecule has 0 spiro atoms. The second kappa shape index (κ2) is 4.28. The van der Waals surface area contributed by atoms with Crippen LogP contribution in [0.25, 0.3) is 0 Å². The van der Waals surface area contributed by atoms with E-state index in [1.165, 1.54) is 0 Å². The van der Waals surface area contributed by atoms with Gasteiger partial charge in [0.05, 0.1) is 16.1 Å². The maximum absolute atomic E-state index is 8.78. The number of hydrogen-bond donors (Lipinski definition) is 0. The largest absolute Gasteiger partial charge is 0.314 e. The van der Waals surface area contributed by atoms with Gasteiger partial charge in [0.2, 0.25) is 0 Å². The number of nitrogens with zero attached hydrogens (tertiary/aromatic N) is 3. The Morgan fingerprint density at radius 1 is 1.15 bits per heavy atom. The van der Waals surface area contributed by atoms with Crippen LogP contribution in [0.2, 0.25) is 0 Å². The third-order valence-corrected chi connectivity index (χ3v) is 4.37. The number of rotatable bonds is 1. The maximum atomic E-state index is 8.78. The van der Waals surface area contributed by atoms with Crippen LogP contribution in [-0.2, 0) is 6.54 Å². The van der Waals surface area contributed by atoms with Crippen LogP contribution in [0.1, 0.15) is 5.56 Å².